The molecule has 0 saturated carbocycles. The molecule has 5 nitrogen and oxygen atoms in total. The highest BCUT2D eigenvalue weighted by molar-refractivity contribution is 7.89. The Balaban J connectivity index is 1.93. The summed E-state index contributed by atoms with van der Waals surface area (Å²) < 4.78 is 23.9. The molecule has 2 rings (SSSR count). The SMILES string of the molecule is Cc1ccc(NC(=S)NNS(=O)(=O)c2ccccc2)cc1. The predicted molar refractivity (Wildman–Crippen MR) is 87.3 cm³/mol. The van der Waals surface area contributed by atoms with E-state index in [1.54, 1.807) is 18.2 Å². The molecule has 0 heterocycles. The molecule has 0 aliphatic rings. The molecule has 0 radical (unpaired) electrons. The summed E-state index contributed by atoms with van der Waals surface area (Å²) in [5, 5.41) is 3.05. The van der Waals surface area contributed by atoms with E-state index in [1.165, 1.54) is 12.1 Å². The average Bonchev–Trinajstić information content (AvgIpc) is 2.49. The monoisotopic (exact) mass is 321 g/mol. The molecule has 110 valence electrons. The number of sulfonamides is 1. The van der Waals surface area contributed by atoms with Gasteiger partial charge in [-0.15, -0.1) is 4.83 Å². The van der Waals surface area contributed by atoms with Crippen LogP contribution in [0.4, 0.5) is 5.69 Å². The highest BCUT2D eigenvalue weighted by Gasteiger charge is 2.13. The first-order valence-electron chi connectivity index (χ1n) is 6.18. The number of hydrogen-bond donors (Lipinski definition) is 3. The van der Waals surface area contributed by atoms with E-state index in [4.69, 9.17) is 12.2 Å². The predicted octanol–water partition coefficient (Wildman–Crippen LogP) is 2.17. The molecule has 2 aromatic carbocycles. The molecule has 2 aromatic rings. The lowest BCUT2D eigenvalue weighted by molar-refractivity contribution is 0.578. The molecule has 3 N–H and O–H groups in total. The first-order valence-corrected chi connectivity index (χ1v) is 8.07. The number of hydrogen-bond acceptors (Lipinski definition) is 3. The highest BCUT2D eigenvalue weighted by atomic mass is 32.2. The normalized spacial score (nSPS) is 10.9. The van der Waals surface area contributed by atoms with Gasteiger partial charge in [-0.25, -0.2) is 8.42 Å². The third-order valence-corrected chi connectivity index (χ3v) is 4.13. The molecule has 21 heavy (non-hydrogen) atoms. The fourth-order valence-electron chi connectivity index (χ4n) is 1.57. The van der Waals surface area contributed by atoms with Crippen LogP contribution in [0.25, 0.3) is 0 Å². The molecule has 0 spiro atoms. The summed E-state index contributed by atoms with van der Waals surface area (Å²) in [6.45, 7) is 1.98. The van der Waals surface area contributed by atoms with Crippen molar-refractivity contribution in [1.82, 2.24) is 10.3 Å². The summed E-state index contributed by atoms with van der Waals surface area (Å²) in [7, 11) is -3.64. The summed E-state index contributed by atoms with van der Waals surface area (Å²) >= 11 is 5.04. The van der Waals surface area contributed by atoms with Crippen molar-refractivity contribution >= 4 is 33.0 Å². The topological polar surface area (TPSA) is 70.2 Å². The first kappa shape index (κ1) is 15.4. The van der Waals surface area contributed by atoms with Crippen LogP contribution < -0.4 is 15.6 Å². The van der Waals surface area contributed by atoms with Gasteiger partial charge in [0.25, 0.3) is 10.0 Å². The van der Waals surface area contributed by atoms with E-state index in [1.807, 2.05) is 31.2 Å². The van der Waals surface area contributed by atoms with Crippen molar-refractivity contribution in [2.24, 2.45) is 0 Å². The molecule has 7 heteroatoms. The summed E-state index contributed by atoms with van der Waals surface area (Å²) in [6.07, 6.45) is 0. The summed E-state index contributed by atoms with van der Waals surface area (Å²) in [4.78, 5) is 2.39. The Bertz CT molecular complexity index is 714. The van der Waals surface area contributed by atoms with Crippen LogP contribution in [0.5, 0.6) is 0 Å². The molecular formula is C14H15N3O2S2. The number of aryl methyl sites for hydroxylation is 1. The molecule has 0 amide bonds. The van der Waals surface area contributed by atoms with Crippen molar-refractivity contribution < 1.29 is 8.42 Å². The molecule has 0 unspecified atom stereocenters. The molecule has 0 bridgehead atoms. The summed E-state index contributed by atoms with van der Waals surface area (Å²) in [5.74, 6) is 0. The van der Waals surface area contributed by atoms with Crippen molar-refractivity contribution in [3.05, 3.63) is 60.2 Å². The van der Waals surface area contributed by atoms with Gasteiger partial charge < -0.3 is 5.32 Å². The van der Waals surface area contributed by atoms with Gasteiger partial charge in [-0.1, -0.05) is 35.9 Å². The Morgan fingerprint density at radius 3 is 2.24 bits per heavy atom. The van der Waals surface area contributed by atoms with Crippen LogP contribution in [0.1, 0.15) is 5.56 Å². The van der Waals surface area contributed by atoms with Gasteiger partial charge in [0.2, 0.25) is 0 Å². The smallest absolute Gasteiger partial charge is 0.257 e. The quantitative estimate of drug-likeness (QED) is 0.595. The molecule has 0 aromatic heterocycles. The molecule has 0 aliphatic carbocycles. The first-order chi connectivity index (χ1) is 9.97. The zero-order chi connectivity index (χ0) is 15.3. The van der Waals surface area contributed by atoms with Crippen molar-refractivity contribution in [1.29, 1.82) is 0 Å². The third-order valence-electron chi connectivity index (χ3n) is 2.66. The second-order valence-electron chi connectivity index (χ2n) is 4.36. The maximum Gasteiger partial charge on any atom is 0.257 e. The van der Waals surface area contributed by atoms with Crippen LogP contribution in [0.2, 0.25) is 0 Å². The van der Waals surface area contributed by atoms with Crippen molar-refractivity contribution in [2.45, 2.75) is 11.8 Å². The molecule has 0 atom stereocenters. The lowest BCUT2D eigenvalue weighted by atomic mass is 10.2. The highest BCUT2D eigenvalue weighted by Crippen LogP contribution is 2.08. The largest absolute Gasteiger partial charge is 0.332 e. The second kappa shape index (κ2) is 6.66. The van der Waals surface area contributed by atoms with Crippen LogP contribution >= 0.6 is 12.2 Å². The number of hydrazine groups is 1. The number of thiocarbonyl (C=S) groups is 1. The van der Waals surface area contributed by atoms with Gasteiger partial charge in [0.05, 0.1) is 4.90 Å². The van der Waals surface area contributed by atoms with Gasteiger partial charge >= 0.3 is 0 Å². The van der Waals surface area contributed by atoms with Crippen LogP contribution in [0.15, 0.2) is 59.5 Å². The van der Waals surface area contributed by atoms with Gasteiger partial charge in [0.1, 0.15) is 0 Å². The number of nitrogens with one attached hydrogen (secondary N) is 3. The Hall–Kier alpha value is -1.96. The Kier molecular flexibility index (Phi) is 4.89. The van der Waals surface area contributed by atoms with Gasteiger partial charge in [-0.3, -0.25) is 5.43 Å². The van der Waals surface area contributed by atoms with E-state index in [0.29, 0.717) is 0 Å². The van der Waals surface area contributed by atoms with Gasteiger partial charge in [-0.2, -0.15) is 0 Å². The fraction of sp³-hybridized carbons (Fsp3) is 0.0714. The standard InChI is InChI=1S/C14H15N3O2S2/c1-11-7-9-12(10-8-11)15-14(20)16-17-21(18,19)13-5-3-2-4-6-13/h2-10,17H,1H3,(H2,15,16,20). The minimum Gasteiger partial charge on any atom is -0.332 e. The van der Waals surface area contributed by atoms with Crippen LogP contribution in [0.3, 0.4) is 0 Å². The van der Waals surface area contributed by atoms with Crippen molar-refractivity contribution in [2.75, 3.05) is 5.32 Å². The number of anilines is 1. The molecule has 0 saturated heterocycles. The Morgan fingerprint density at radius 2 is 1.62 bits per heavy atom. The van der Waals surface area contributed by atoms with Gasteiger partial charge in [0, 0.05) is 5.69 Å². The Morgan fingerprint density at radius 1 is 1.00 bits per heavy atom. The molecule has 0 aliphatic heterocycles. The fourth-order valence-corrected chi connectivity index (χ4v) is 2.67. The van der Waals surface area contributed by atoms with E-state index in [0.717, 1.165) is 11.3 Å². The Labute approximate surface area is 129 Å². The second-order valence-corrected chi connectivity index (χ2v) is 6.45. The maximum absolute atomic E-state index is 12.0. The maximum atomic E-state index is 12.0. The van der Waals surface area contributed by atoms with Gasteiger partial charge in [-0.05, 0) is 43.4 Å². The van der Waals surface area contributed by atoms with Crippen molar-refractivity contribution in [3.63, 3.8) is 0 Å². The van der Waals surface area contributed by atoms with E-state index in [2.05, 4.69) is 15.6 Å². The summed E-state index contributed by atoms with van der Waals surface area (Å²) in [5.41, 5.74) is 4.37. The molecule has 0 fully saturated rings. The zero-order valence-electron chi connectivity index (χ0n) is 11.3. The minimum absolute atomic E-state index is 0.163. The van der Waals surface area contributed by atoms with Crippen molar-refractivity contribution in [3.8, 4) is 0 Å². The number of benzene rings is 2. The van der Waals surface area contributed by atoms with E-state index in [-0.39, 0.29) is 10.0 Å². The van der Waals surface area contributed by atoms with Crippen LogP contribution in [0, 0.1) is 6.92 Å². The summed E-state index contributed by atoms with van der Waals surface area (Å²) in [6, 6.07) is 15.6. The lowest BCUT2D eigenvalue weighted by Crippen LogP contribution is -2.43. The molecular weight excluding hydrogens is 306 g/mol. The lowest BCUT2D eigenvalue weighted by Gasteiger charge is -2.12. The third kappa shape index (κ3) is 4.52. The van der Waals surface area contributed by atoms with Crippen LogP contribution in [-0.2, 0) is 10.0 Å². The zero-order valence-corrected chi connectivity index (χ0v) is 13.0. The van der Waals surface area contributed by atoms with E-state index in [9.17, 15) is 8.42 Å². The van der Waals surface area contributed by atoms with Gasteiger partial charge in [0.15, 0.2) is 5.11 Å². The van der Waals surface area contributed by atoms with E-state index >= 15 is 0 Å². The minimum atomic E-state index is -3.64. The van der Waals surface area contributed by atoms with Crippen LogP contribution in [-0.4, -0.2) is 13.5 Å². The van der Waals surface area contributed by atoms with E-state index < -0.39 is 10.0 Å². The number of rotatable bonds is 4. The average molecular weight is 321 g/mol.